The van der Waals surface area contributed by atoms with Gasteiger partial charge in [-0.1, -0.05) is 25.6 Å². The molecule has 2 aliphatic rings. The van der Waals surface area contributed by atoms with Gasteiger partial charge in [0.15, 0.2) is 5.16 Å². The average molecular weight is 475 g/mol. The minimum absolute atomic E-state index is 0.154. The highest BCUT2D eigenvalue weighted by molar-refractivity contribution is 7.99. The van der Waals surface area contributed by atoms with Crippen LogP contribution in [0.5, 0.6) is 5.75 Å². The first-order chi connectivity index (χ1) is 16.0. The lowest BCUT2D eigenvalue weighted by Gasteiger charge is -2.36. The summed E-state index contributed by atoms with van der Waals surface area (Å²) in [6.45, 7) is 11.4. The van der Waals surface area contributed by atoms with Crippen molar-refractivity contribution in [2.45, 2.75) is 25.5 Å². The predicted molar refractivity (Wildman–Crippen MR) is 130 cm³/mol. The van der Waals surface area contributed by atoms with Crippen molar-refractivity contribution in [1.82, 2.24) is 19.7 Å². The number of rotatable bonds is 8. The number of anilines is 2. The molecule has 0 atom stereocenters. The smallest absolute Gasteiger partial charge is 0.233 e. The molecule has 2 aliphatic heterocycles. The van der Waals surface area contributed by atoms with E-state index in [4.69, 9.17) is 9.47 Å². The zero-order valence-electron chi connectivity index (χ0n) is 19.8. The molecule has 1 amide bonds. The zero-order valence-corrected chi connectivity index (χ0v) is 20.6. The molecular weight excluding hydrogens is 440 g/mol. The Kier molecular flexibility index (Phi) is 7.97. The third-order valence-electron chi connectivity index (χ3n) is 5.93. The van der Waals surface area contributed by atoms with Gasteiger partial charge in [-0.2, -0.15) is 0 Å². The van der Waals surface area contributed by atoms with Crippen molar-refractivity contribution in [3.8, 4) is 5.75 Å². The molecule has 1 aromatic heterocycles. The van der Waals surface area contributed by atoms with Gasteiger partial charge in [0.25, 0.3) is 0 Å². The maximum atomic E-state index is 12.9. The van der Waals surface area contributed by atoms with Gasteiger partial charge in [0, 0.05) is 51.5 Å². The van der Waals surface area contributed by atoms with Crippen LogP contribution in [0.4, 0.5) is 11.6 Å². The topological polar surface area (TPSA) is 76.0 Å². The Morgan fingerprint density at radius 2 is 1.73 bits per heavy atom. The Labute approximate surface area is 200 Å². The van der Waals surface area contributed by atoms with Crippen molar-refractivity contribution in [2.75, 3.05) is 75.1 Å². The molecular formula is C23H34N6O3S. The standard InChI is InChI=1S/C23H34N6O3S/c1-18(2)16-29-22(28-12-14-32-15-13-28)24-25-23(29)33-17-21(30)27-10-8-26(9-11-27)19-4-6-20(31-3)7-5-19/h4-7,18H,8-17H2,1-3H3. The van der Waals surface area contributed by atoms with Gasteiger partial charge in [-0.15, -0.1) is 10.2 Å². The van der Waals surface area contributed by atoms with E-state index in [1.807, 2.05) is 17.0 Å². The van der Waals surface area contributed by atoms with Crippen molar-refractivity contribution in [2.24, 2.45) is 5.92 Å². The first kappa shape index (κ1) is 23.7. The molecule has 2 saturated heterocycles. The Hall–Kier alpha value is -2.46. The lowest BCUT2D eigenvalue weighted by Crippen LogP contribution is -2.49. The van der Waals surface area contributed by atoms with Crippen molar-refractivity contribution in [1.29, 1.82) is 0 Å². The third-order valence-corrected chi connectivity index (χ3v) is 6.89. The Bertz CT molecular complexity index is 905. The SMILES string of the molecule is COc1ccc(N2CCN(C(=O)CSc3nnc(N4CCOCC4)n3CC(C)C)CC2)cc1. The monoisotopic (exact) mass is 474 g/mol. The first-order valence-electron chi connectivity index (χ1n) is 11.6. The quantitative estimate of drug-likeness (QED) is 0.539. The summed E-state index contributed by atoms with van der Waals surface area (Å²) in [4.78, 5) is 19.4. The molecule has 2 fully saturated rings. The molecule has 33 heavy (non-hydrogen) atoms. The zero-order chi connectivity index (χ0) is 23.2. The summed E-state index contributed by atoms with van der Waals surface area (Å²) in [5.74, 6) is 2.73. The van der Waals surface area contributed by atoms with Gasteiger partial charge in [0.05, 0.1) is 26.1 Å². The molecule has 1 aromatic carbocycles. The van der Waals surface area contributed by atoms with Gasteiger partial charge in [-0.05, 0) is 30.2 Å². The number of hydrogen-bond acceptors (Lipinski definition) is 8. The number of hydrogen-bond donors (Lipinski definition) is 0. The van der Waals surface area contributed by atoms with Crippen LogP contribution in [-0.4, -0.2) is 90.9 Å². The highest BCUT2D eigenvalue weighted by Gasteiger charge is 2.24. The van der Waals surface area contributed by atoms with E-state index in [9.17, 15) is 4.79 Å². The summed E-state index contributed by atoms with van der Waals surface area (Å²) in [7, 11) is 1.67. The number of carbonyl (C=O) groups is 1. The summed E-state index contributed by atoms with van der Waals surface area (Å²) in [6.07, 6.45) is 0. The fourth-order valence-corrected chi connectivity index (χ4v) is 4.98. The van der Waals surface area contributed by atoms with E-state index in [0.29, 0.717) is 24.9 Å². The molecule has 4 rings (SSSR count). The molecule has 10 heteroatoms. The molecule has 0 aliphatic carbocycles. The molecule has 180 valence electrons. The summed E-state index contributed by atoms with van der Waals surface area (Å²) in [5, 5.41) is 9.71. The number of aromatic nitrogens is 3. The lowest BCUT2D eigenvalue weighted by molar-refractivity contribution is -0.128. The average Bonchev–Trinajstić information content (AvgIpc) is 3.25. The van der Waals surface area contributed by atoms with Crippen LogP contribution in [-0.2, 0) is 16.1 Å². The van der Waals surface area contributed by atoms with Crippen LogP contribution in [0.3, 0.4) is 0 Å². The van der Waals surface area contributed by atoms with Crippen LogP contribution in [0.25, 0.3) is 0 Å². The number of piperazine rings is 1. The maximum Gasteiger partial charge on any atom is 0.233 e. The van der Waals surface area contributed by atoms with Gasteiger partial charge in [0.2, 0.25) is 11.9 Å². The van der Waals surface area contributed by atoms with Gasteiger partial charge < -0.3 is 24.2 Å². The molecule has 0 spiro atoms. The largest absolute Gasteiger partial charge is 0.497 e. The second kappa shape index (κ2) is 11.1. The summed E-state index contributed by atoms with van der Waals surface area (Å²) in [6, 6.07) is 8.09. The lowest BCUT2D eigenvalue weighted by atomic mass is 10.2. The number of nitrogens with zero attached hydrogens (tertiary/aromatic N) is 6. The predicted octanol–water partition coefficient (Wildman–Crippen LogP) is 2.22. The van der Waals surface area contributed by atoms with Gasteiger partial charge >= 0.3 is 0 Å². The second-order valence-corrected chi connectivity index (χ2v) is 9.68. The van der Waals surface area contributed by atoms with Crippen LogP contribution < -0.4 is 14.5 Å². The summed E-state index contributed by atoms with van der Waals surface area (Å²) >= 11 is 1.49. The van der Waals surface area contributed by atoms with E-state index >= 15 is 0 Å². The summed E-state index contributed by atoms with van der Waals surface area (Å²) < 4.78 is 12.9. The van der Waals surface area contributed by atoms with E-state index in [1.165, 1.54) is 11.8 Å². The number of amides is 1. The first-order valence-corrected chi connectivity index (χ1v) is 12.6. The Morgan fingerprint density at radius 3 is 2.36 bits per heavy atom. The van der Waals surface area contributed by atoms with Gasteiger partial charge in [-0.25, -0.2) is 0 Å². The normalized spacial score (nSPS) is 17.0. The number of ether oxygens (including phenoxy) is 2. The number of morpholine rings is 1. The van der Waals surface area contributed by atoms with Crippen LogP contribution in [0.2, 0.25) is 0 Å². The van der Waals surface area contributed by atoms with Crippen LogP contribution in [0.1, 0.15) is 13.8 Å². The minimum atomic E-state index is 0.154. The number of carbonyl (C=O) groups excluding carboxylic acids is 1. The molecule has 3 heterocycles. The van der Waals surface area contributed by atoms with E-state index in [-0.39, 0.29) is 5.91 Å². The third kappa shape index (κ3) is 5.92. The van der Waals surface area contributed by atoms with Gasteiger partial charge in [0.1, 0.15) is 5.75 Å². The number of benzene rings is 1. The Morgan fingerprint density at radius 1 is 1.03 bits per heavy atom. The van der Waals surface area contributed by atoms with E-state index < -0.39 is 0 Å². The van der Waals surface area contributed by atoms with Crippen molar-refractivity contribution < 1.29 is 14.3 Å². The summed E-state index contributed by atoms with van der Waals surface area (Å²) in [5.41, 5.74) is 1.16. The number of methoxy groups -OCH3 is 1. The fourth-order valence-electron chi connectivity index (χ4n) is 4.13. The van der Waals surface area contributed by atoms with E-state index in [2.05, 4.69) is 50.5 Å². The second-order valence-electron chi connectivity index (χ2n) is 8.74. The molecule has 0 radical (unpaired) electrons. The molecule has 0 unspecified atom stereocenters. The van der Waals surface area contributed by atoms with Crippen LogP contribution >= 0.6 is 11.8 Å². The molecule has 0 bridgehead atoms. The fraction of sp³-hybridized carbons (Fsp3) is 0.609. The molecule has 0 saturated carbocycles. The van der Waals surface area contributed by atoms with Crippen molar-refractivity contribution in [3.05, 3.63) is 24.3 Å². The molecule has 9 nitrogen and oxygen atoms in total. The van der Waals surface area contributed by atoms with Crippen LogP contribution in [0.15, 0.2) is 29.4 Å². The highest BCUT2D eigenvalue weighted by Crippen LogP contribution is 2.25. The van der Waals surface area contributed by atoms with Crippen LogP contribution in [0, 0.1) is 5.92 Å². The highest BCUT2D eigenvalue weighted by atomic mass is 32.2. The van der Waals surface area contributed by atoms with Crippen molar-refractivity contribution >= 4 is 29.3 Å². The van der Waals surface area contributed by atoms with E-state index in [1.54, 1.807) is 7.11 Å². The minimum Gasteiger partial charge on any atom is -0.497 e. The Balaban J connectivity index is 1.32. The molecule has 2 aromatic rings. The van der Waals surface area contributed by atoms with E-state index in [0.717, 1.165) is 68.4 Å². The number of thioether (sulfide) groups is 1. The maximum absolute atomic E-state index is 12.9. The van der Waals surface area contributed by atoms with Crippen molar-refractivity contribution in [3.63, 3.8) is 0 Å². The van der Waals surface area contributed by atoms with Gasteiger partial charge in [-0.3, -0.25) is 9.36 Å². The molecule has 0 N–H and O–H groups in total.